The van der Waals surface area contributed by atoms with E-state index in [4.69, 9.17) is 9.47 Å². The summed E-state index contributed by atoms with van der Waals surface area (Å²) < 4.78 is 11.0. The number of amides is 1. The van der Waals surface area contributed by atoms with Crippen molar-refractivity contribution in [3.05, 3.63) is 24.3 Å². The lowest BCUT2D eigenvalue weighted by Crippen LogP contribution is -2.50. The number of carbonyl (C=O) groups is 1. The number of ether oxygens (including phenoxy) is 2. The molecular formula is C16H24N2O3. The van der Waals surface area contributed by atoms with Crippen molar-refractivity contribution in [1.29, 1.82) is 0 Å². The molecule has 5 nitrogen and oxygen atoms in total. The number of anilines is 1. The lowest BCUT2D eigenvalue weighted by molar-refractivity contribution is -0.123. The van der Waals surface area contributed by atoms with Crippen LogP contribution in [0.1, 0.15) is 20.8 Å². The number of hydrogen-bond donors (Lipinski definition) is 1. The fourth-order valence-electron chi connectivity index (χ4n) is 2.45. The third-order valence-corrected chi connectivity index (χ3v) is 3.64. The first-order valence-electron chi connectivity index (χ1n) is 7.50. The van der Waals surface area contributed by atoms with Gasteiger partial charge in [0.1, 0.15) is 5.75 Å². The smallest absolute Gasteiger partial charge is 0.241 e. The van der Waals surface area contributed by atoms with Gasteiger partial charge in [-0.05, 0) is 32.9 Å². The summed E-state index contributed by atoms with van der Waals surface area (Å²) in [6, 6.07) is 7.32. The highest BCUT2D eigenvalue weighted by molar-refractivity contribution is 5.95. The lowest BCUT2D eigenvalue weighted by Gasteiger charge is -2.34. The van der Waals surface area contributed by atoms with Crippen LogP contribution >= 0.6 is 0 Å². The van der Waals surface area contributed by atoms with Gasteiger partial charge in [0.25, 0.3) is 0 Å². The molecule has 1 saturated heterocycles. The molecule has 1 aliphatic rings. The molecule has 2 atom stereocenters. The molecule has 0 bridgehead atoms. The Morgan fingerprint density at radius 3 is 3.00 bits per heavy atom. The van der Waals surface area contributed by atoms with Gasteiger partial charge in [-0.2, -0.15) is 0 Å². The van der Waals surface area contributed by atoms with Crippen molar-refractivity contribution >= 4 is 11.6 Å². The fraction of sp³-hybridized carbons (Fsp3) is 0.562. The number of morpholine rings is 1. The monoisotopic (exact) mass is 292 g/mol. The zero-order chi connectivity index (χ0) is 15.2. The third-order valence-electron chi connectivity index (χ3n) is 3.64. The molecule has 0 aliphatic carbocycles. The fourth-order valence-corrected chi connectivity index (χ4v) is 2.45. The van der Waals surface area contributed by atoms with Crippen molar-refractivity contribution in [2.24, 2.45) is 0 Å². The maximum Gasteiger partial charge on any atom is 0.241 e. The molecule has 2 rings (SSSR count). The predicted octanol–water partition coefficient (Wildman–Crippen LogP) is 2.13. The van der Waals surface area contributed by atoms with Crippen LogP contribution in [0.25, 0.3) is 0 Å². The molecule has 1 aromatic rings. The summed E-state index contributed by atoms with van der Waals surface area (Å²) in [5.41, 5.74) is 0.720. The average Bonchev–Trinajstić information content (AvgIpc) is 2.48. The van der Waals surface area contributed by atoms with Crippen LogP contribution in [0.2, 0.25) is 0 Å². The van der Waals surface area contributed by atoms with Crippen LogP contribution in [-0.4, -0.2) is 49.3 Å². The predicted molar refractivity (Wildman–Crippen MR) is 82.7 cm³/mol. The molecule has 0 spiro atoms. The maximum absolute atomic E-state index is 12.4. The Bertz CT molecular complexity index is 478. The van der Waals surface area contributed by atoms with Crippen LogP contribution in [0.4, 0.5) is 5.69 Å². The number of carbonyl (C=O) groups excluding carboxylic acids is 1. The minimum absolute atomic E-state index is 0.0174. The minimum atomic E-state index is -0.189. The van der Waals surface area contributed by atoms with Gasteiger partial charge in [-0.1, -0.05) is 12.1 Å². The van der Waals surface area contributed by atoms with Gasteiger partial charge in [0.15, 0.2) is 0 Å². The number of benzene rings is 1. The summed E-state index contributed by atoms with van der Waals surface area (Å²) >= 11 is 0. The first-order valence-corrected chi connectivity index (χ1v) is 7.50. The first-order chi connectivity index (χ1) is 10.1. The highest BCUT2D eigenvalue weighted by Crippen LogP contribution is 2.24. The second-order valence-corrected chi connectivity index (χ2v) is 5.27. The van der Waals surface area contributed by atoms with Crippen LogP contribution in [-0.2, 0) is 9.53 Å². The van der Waals surface area contributed by atoms with Crippen LogP contribution in [0.15, 0.2) is 24.3 Å². The van der Waals surface area contributed by atoms with Crippen LogP contribution in [0.3, 0.4) is 0 Å². The summed E-state index contributed by atoms with van der Waals surface area (Å²) in [4.78, 5) is 14.6. The Hall–Kier alpha value is -1.59. The molecule has 116 valence electrons. The van der Waals surface area contributed by atoms with E-state index in [-0.39, 0.29) is 18.1 Å². The average molecular weight is 292 g/mol. The molecule has 0 radical (unpaired) electrons. The molecule has 1 heterocycles. The summed E-state index contributed by atoms with van der Waals surface area (Å²) in [7, 11) is 0. The molecule has 0 aromatic heterocycles. The highest BCUT2D eigenvalue weighted by Gasteiger charge is 2.26. The lowest BCUT2D eigenvalue weighted by atomic mass is 10.2. The third kappa shape index (κ3) is 4.19. The van der Waals surface area contributed by atoms with E-state index in [9.17, 15) is 4.79 Å². The number of rotatable bonds is 5. The topological polar surface area (TPSA) is 50.8 Å². The van der Waals surface area contributed by atoms with Crippen molar-refractivity contribution in [2.75, 3.05) is 31.6 Å². The van der Waals surface area contributed by atoms with Crippen molar-refractivity contribution in [3.63, 3.8) is 0 Å². The van der Waals surface area contributed by atoms with Crippen molar-refractivity contribution in [2.45, 2.75) is 32.9 Å². The molecular weight excluding hydrogens is 268 g/mol. The van der Waals surface area contributed by atoms with Gasteiger partial charge < -0.3 is 14.8 Å². The first kappa shape index (κ1) is 15.8. The van der Waals surface area contributed by atoms with E-state index in [1.807, 2.05) is 45.0 Å². The van der Waals surface area contributed by atoms with E-state index in [2.05, 4.69) is 10.2 Å². The highest BCUT2D eigenvalue weighted by atomic mass is 16.5. The minimum Gasteiger partial charge on any atom is -0.492 e. The zero-order valence-electron chi connectivity index (χ0n) is 13.0. The molecule has 1 aliphatic heterocycles. The van der Waals surface area contributed by atoms with Crippen molar-refractivity contribution < 1.29 is 14.3 Å². The van der Waals surface area contributed by atoms with Crippen LogP contribution < -0.4 is 10.1 Å². The van der Waals surface area contributed by atoms with Gasteiger partial charge in [0.05, 0.1) is 31.0 Å². The normalized spacial score (nSPS) is 20.8. The van der Waals surface area contributed by atoms with Crippen LogP contribution in [0, 0.1) is 0 Å². The molecule has 1 amide bonds. The largest absolute Gasteiger partial charge is 0.492 e. The van der Waals surface area contributed by atoms with E-state index in [0.717, 1.165) is 18.8 Å². The molecule has 5 heteroatoms. The van der Waals surface area contributed by atoms with Crippen LogP contribution in [0.5, 0.6) is 5.75 Å². The summed E-state index contributed by atoms with van der Waals surface area (Å²) in [6.07, 6.45) is 0.171. The van der Waals surface area contributed by atoms with Gasteiger partial charge in [-0.25, -0.2) is 0 Å². The van der Waals surface area contributed by atoms with E-state index >= 15 is 0 Å². The summed E-state index contributed by atoms with van der Waals surface area (Å²) in [5, 5.41) is 2.96. The SMILES string of the molecule is CCOc1ccccc1NC(=O)C(C)N1CCOC(C)C1. The number of para-hydroxylation sites is 2. The van der Waals surface area contributed by atoms with E-state index < -0.39 is 0 Å². The number of nitrogens with zero attached hydrogens (tertiary/aromatic N) is 1. The van der Waals surface area contributed by atoms with E-state index in [1.165, 1.54) is 0 Å². The molecule has 2 unspecified atom stereocenters. The Morgan fingerprint density at radius 1 is 1.52 bits per heavy atom. The Morgan fingerprint density at radius 2 is 2.29 bits per heavy atom. The van der Waals surface area contributed by atoms with Gasteiger partial charge >= 0.3 is 0 Å². The number of nitrogens with one attached hydrogen (secondary N) is 1. The Labute approximate surface area is 126 Å². The van der Waals surface area contributed by atoms with Gasteiger partial charge in [-0.15, -0.1) is 0 Å². The second-order valence-electron chi connectivity index (χ2n) is 5.27. The molecule has 1 N–H and O–H groups in total. The van der Waals surface area contributed by atoms with E-state index in [0.29, 0.717) is 19.0 Å². The van der Waals surface area contributed by atoms with Crippen molar-refractivity contribution in [1.82, 2.24) is 4.90 Å². The van der Waals surface area contributed by atoms with E-state index in [1.54, 1.807) is 0 Å². The Balaban J connectivity index is 2.00. The quantitative estimate of drug-likeness (QED) is 0.903. The summed E-state index contributed by atoms with van der Waals surface area (Å²) in [6.45, 7) is 8.69. The molecule has 1 aromatic carbocycles. The standard InChI is InChI=1S/C16H24N2O3/c1-4-20-15-8-6-5-7-14(15)17-16(19)13(3)18-9-10-21-12(2)11-18/h5-8,12-13H,4,9-11H2,1-3H3,(H,17,19). The summed E-state index contributed by atoms with van der Waals surface area (Å²) in [5.74, 6) is 0.687. The molecule has 0 saturated carbocycles. The van der Waals surface area contributed by atoms with Gasteiger partial charge in [-0.3, -0.25) is 9.69 Å². The Kier molecular flexibility index (Phi) is 5.59. The number of hydrogen-bond acceptors (Lipinski definition) is 4. The van der Waals surface area contributed by atoms with Gasteiger partial charge in [0, 0.05) is 13.1 Å². The van der Waals surface area contributed by atoms with Crippen molar-refractivity contribution in [3.8, 4) is 5.75 Å². The zero-order valence-corrected chi connectivity index (χ0v) is 13.0. The maximum atomic E-state index is 12.4. The second kappa shape index (κ2) is 7.43. The van der Waals surface area contributed by atoms with Gasteiger partial charge in [0.2, 0.25) is 5.91 Å². The molecule has 21 heavy (non-hydrogen) atoms. The molecule has 1 fully saturated rings.